The third kappa shape index (κ3) is 3.90. The van der Waals surface area contributed by atoms with E-state index >= 15 is 0 Å². The van der Waals surface area contributed by atoms with Crippen LogP contribution in [-0.4, -0.2) is 26.9 Å². The van der Waals surface area contributed by atoms with Gasteiger partial charge in [0.2, 0.25) is 5.91 Å². The van der Waals surface area contributed by atoms with E-state index in [9.17, 15) is 15.1 Å². The zero-order valence-corrected chi connectivity index (χ0v) is 21.6. The van der Waals surface area contributed by atoms with Crippen molar-refractivity contribution in [2.75, 3.05) is 5.32 Å². The van der Waals surface area contributed by atoms with Crippen molar-refractivity contribution in [3.05, 3.63) is 38.3 Å². The Morgan fingerprint density at radius 3 is 2.88 bits per heavy atom. The predicted molar refractivity (Wildman–Crippen MR) is 136 cm³/mol. The van der Waals surface area contributed by atoms with E-state index in [0.29, 0.717) is 45.8 Å². The lowest BCUT2D eigenvalue weighted by Gasteiger charge is -2.50. The summed E-state index contributed by atoms with van der Waals surface area (Å²) in [7, 11) is 0. The quantitative estimate of drug-likeness (QED) is 0.304. The van der Waals surface area contributed by atoms with Gasteiger partial charge in [0.25, 0.3) is 0 Å². The second-order valence-corrected chi connectivity index (χ2v) is 12.3. The first-order chi connectivity index (χ1) is 16.2. The molecule has 3 aliphatic carbocycles. The van der Waals surface area contributed by atoms with E-state index in [1.807, 2.05) is 13.0 Å². The minimum atomic E-state index is -0.175. The molecular formula is C25H29Cl2N3O3S. The number of aromatic hydroxyl groups is 1. The minimum Gasteiger partial charge on any atom is -0.505 e. The van der Waals surface area contributed by atoms with Crippen LogP contribution in [0.5, 0.6) is 5.75 Å². The van der Waals surface area contributed by atoms with Crippen LogP contribution in [-0.2, 0) is 11.2 Å². The van der Waals surface area contributed by atoms with E-state index in [4.69, 9.17) is 23.2 Å². The van der Waals surface area contributed by atoms with Crippen molar-refractivity contribution >= 4 is 51.3 Å². The summed E-state index contributed by atoms with van der Waals surface area (Å²) in [6.45, 7) is 4.19. The predicted octanol–water partition coefficient (Wildman–Crippen LogP) is 6.80. The number of aryl methyl sites for hydroxylation is 1. The molecule has 1 aromatic heterocycles. The van der Waals surface area contributed by atoms with Gasteiger partial charge in [-0.3, -0.25) is 4.79 Å². The number of rotatable bonds is 4. The number of benzene rings is 1. The normalized spacial score (nSPS) is 31.1. The molecule has 1 aromatic carbocycles. The van der Waals surface area contributed by atoms with Gasteiger partial charge in [-0.2, -0.15) is 0 Å². The summed E-state index contributed by atoms with van der Waals surface area (Å²) in [5, 5.41) is 28.1. The highest BCUT2D eigenvalue weighted by Crippen LogP contribution is 2.63. The van der Waals surface area contributed by atoms with Gasteiger partial charge in [0, 0.05) is 22.9 Å². The number of carbonyl (C=O) groups is 1. The number of anilines is 1. The molecule has 5 rings (SSSR count). The number of hydrogen-bond donors (Lipinski definition) is 3. The molecule has 2 aromatic rings. The first-order valence-corrected chi connectivity index (χ1v) is 13.4. The summed E-state index contributed by atoms with van der Waals surface area (Å²) in [6.07, 6.45) is 7.24. The first kappa shape index (κ1) is 23.9. The molecule has 34 heavy (non-hydrogen) atoms. The largest absolute Gasteiger partial charge is 0.505 e. The molecule has 3 aliphatic rings. The van der Waals surface area contributed by atoms with E-state index in [-0.39, 0.29) is 23.0 Å². The summed E-state index contributed by atoms with van der Waals surface area (Å²) >= 11 is 14.3. The van der Waals surface area contributed by atoms with Crippen molar-refractivity contribution in [3.8, 4) is 5.75 Å². The van der Waals surface area contributed by atoms with Gasteiger partial charge in [-0.1, -0.05) is 35.3 Å². The topological polar surface area (TPSA) is 94.8 Å². The van der Waals surface area contributed by atoms with Gasteiger partial charge in [0.05, 0.1) is 15.8 Å². The van der Waals surface area contributed by atoms with E-state index in [0.717, 1.165) is 53.8 Å². The third-order valence-electron chi connectivity index (χ3n) is 8.50. The molecule has 0 aliphatic heterocycles. The van der Waals surface area contributed by atoms with Gasteiger partial charge in [-0.25, -0.2) is 4.98 Å². The lowest BCUT2D eigenvalue weighted by Crippen LogP contribution is -2.44. The Kier molecular flexibility index (Phi) is 6.32. The van der Waals surface area contributed by atoms with E-state index in [1.54, 1.807) is 6.20 Å². The second kappa shape index (κ2) is 8.99. The van der Waals surface area contributed by atoms with Gasteiger partial charge < -0.3 is 15.6 Å². The SMILES string of the molecule is Cc1cnc(NC(=O)CC[C@@H]2CC(=NO)[C@@]3(C)CCC4c5cc(Cl)c(O)c(Cl)c5CCC4C23)s1. The van der Waals surface area contributed by atoms with Gasteiger partial charge in [-0.15, -0.1) is 11.3 Å². The van der Waals surface area contributed by atoms with E-state index < -0.39 is 0 Å². The van der Waals surface area contributed by atoms with Crippen molar-refractivity contribution in [3.63, 3.8) is 0 Å². The standard InChI is InChI=1S/C25H29Cl2N3O3S/c1-12-11-28-24(34-12)29-20(31)6-3-13-9-19(30-33)25(2)8-7-14-15(21(13)25)4-5-16-17(14)10-18(26)23(32)22(16)27/h10-11,13-15,21,32-33H,3-9H2,1-2H3,(H,28,29,31)/t13-,14?,15?,21?,25-/m1/s1. The number of hydrogen-bond acceptors (Lipinski definition) is 6. The van der Waals surface area contributed by atoms with Crippen molar-refractivity contribution in [2.24, 2.45) is 28.3 Å². The molecule has 9 heteroatoms. The number of carbonyl (C=O) groups excluding carboxylic acids is 1. The fourth-order valence-electron chi connectivity index (χ4n) is 7.05. The minimum absolute atomic E-state index is 0.0270. The Labute approximate surface area is 213 Å². The van der Waals surface area contributed by atoms with Crippen LogP contribution < -0.4 is 5.32 Å². The van der Waals surface area contributed by atoms with Crippen molar-refractivity contribution in [1.82, 2.24) is 4.98 Å². The molecule has 5 atom stereocenters. The molecule has 2 fully saturated rings. The first-order valence-electron chi connectivity index (χ1n) is 11.9. The average molecular weight is 522 g/mol. The fraction of sp³-hybridized carbons (Fsp3) is 0.560. The second-order valence-electron chi connectivity index (χ2n) is 10.3. The Balaban J connectivity index is 1.39. The number of phenolic OH excluding ortho intramolecular Hbond substituents is 1. The van der Waals surface area contributed by atoms with Crippen molar-refractivity contribution in [1.29, 1.82) is 0 Å². The van der Waals surface area contributed by atoms with Gasteiger partial charge in [0.1, 0.15) is 0 Å². The lowest BCUT2D eigenvalue weighted by molar-refractivity contribution is -0.116. The number of amides is 1. The number of nitrogens with one attached hydrogen (secondary N) is 1. The highest BCUT2D eigenvalue weighted by molar-refractivity contribution is 7.15. The molecule has 2 saturated carbocycles. The van der Waals surface area contributed by atoms with E-state index in [1.165, 1.54) is 11.3 Å². The van der Waals surface area contributed by atoms with Crippen molar-refractivity contribution in [2.45, 2.75) is 64.7 Å². The van der Waals surface area contributed by atoms with E-state index in [2.05, 4.69) is 22.4 Å². The Bertz CT molecular complexity index is 1170. The molecule has 0 bridgehead atoms. The molecule has 0 saturated heterocycles. The van der Waals surface area contributed by atoms with Crippen LogP contribution in [0.3, 0.4) is 0 Å². The molecule has 0 radical (unpaired) electrons. The smallest absolute Gasteiger partial charge is 0.226 e. The number of phenols is 1. The maximum Gasteiger partial charge on any atom is 0.226 e. The number of aromatic nitrogens is 1. The maximum atomic E-state index is 12.6. The Morgan fingerprint density at radius 1 is 1.38 bits per heavy atom. The highest BCUT2D eigenvalue weighted by Gasteiger charge is 2.57. The molecule has 3 unspecified atom stereocenters. The van der Waals surface area contributed by atoms with Crippen LogP contribution >= 0.6 is 34.5 Å². The fourth-order valence-corrected chi connectivity index (χ4v) is 8.30. The number of oxime groups is 1. The summed E-state index contributed by atoms with van der Waals surface area (Å²) in [5.74, 6) is 1.20. The van der Waals surface area contributed by atoms with Crippen LogP contribution in [0.15, 0.2) is 17.4 Å². The molecule has 6 nitrogen and oxygen atoms in total. The summed E-state index contributed by atoms with van der Waals surface area (Å²) in [5.41, 5.74) is 2.85. The van der Waals surface area contributed by atoms with Crippen LogP contribution in [0.1, 0.15) is 67.4 Å². The van der Waals surface area contributed by atoms with Gasteiger partial charge >= 0.3 is 0 Å². The van der Waals surface area contributed by atoms with Crippen molar-refractivity contribution < 1.29 is 15.1 Å². The van der Waals surface area contributed by atoms with Crippen LogP contribution in [0.2, 0.25) is 10.0 Å². The number of halogens is 2. The Hall–Kier alpha value is -1.83. The van der Waals surface area contributed by atoms with Gasteiger partial charge in [-0.05, 0) is 86.3 Å². The summed E-state index contributed by atoms with van der Waals surface area (Å²) < 4.78 is 0. The monoisotopic (exact) mass is 521 g/mol. The number of nitrogens with zero attached hydrogens (tertiary/aromatic N) is 2. The van der Waals surface area contributed by atoms with Crippen LogP contribution in [0, 0.1) is 30.1 Å². The number of thiazole rings is 1. The molecule has 3 N–H and O–H groups in total. The third-order valence-corrected chi connectivity index (χ3v) is 10.0. The zero-order chi connectivity index (χ0) is 24.2. The molecule has 0 spiro atoms. The average Bonchev–Trinajstić information content (AvgIpc) is 3.35. The van der Waals surface area contributed by atoms with Crippen LogP contribution in [0.4, 0.5) is 5.13 Å². The summed E-state index contributed by atoms with van der Waals surface area (Å²) in [4.78, 5) is 17.9. The van der Waals surface area contributed by atoms with Crippen LogP contribution in [0.25, 0.3) is 0 Å². The Morgan fingerprint density at radius 2 is 2.18 bits per heavy atom. The molecule has 1 heterocycles. The molecule has 182 valence electrons. The lowest BCUT2D eigenvalue weighted by atomic mass is 9.54. The molecular weight excluding hydrogens is 493 g/mol. The number of fused-ring (bicyclic) bond motifs is 5. The molecule has 1 amide bonds. The zero-order valence-electron chi connectivity index (χ0n) is 19.3. The summed E-state index contributed by atoms with van der Waals surface area (Å²) in [6, 6.07) is 1.89. The van der Waals surface area contributed by atoms with Gasteiger partial charge in [0.15, 0.2) is 10.9 Å². The maximum absolute atomic E-state index is 12.6. The highest BCUT2D eigenvalue weighted by atomic mass is 35.5.